The average Bonchev–Trinajstić information content (AvgIpc) is 2.68. The van der Waals surface area contributed by atoms with E-state index in [4.69, 9.17) is 4.74 Å². The zero-order valence-electron chi connectivity index (χ0n) is 15.4. The Morgan fingerprint density at radius 3 is 2.47 bits per heavy atom. The van der Waals surface area contributed by atoms with Crippen LogP contribution >= 0.6 is 15.9 Å². The first kappa shape index (κ1) is 21.0. The molecule has 0 radical (unpaired) electrons. The molecular formula is C19H13BrN3O7-. The molecule has 1 aliphatic heterocycles. The predicted molar refractivity (Wildman–Crippen MR) is 107 cm³/mol. The number of halogens is 1. The smallest absolute Gasteiger partial charge is 0.335 e. The van der Waals surface area contributed by atoms with Crippen molar-refractivity contribution in [2.45, 2.75) is 6.92 Å². The van der Waals surface area contributed by atoms with Crippen LogP contribution < -0.4 is 20.1 Å². The first-order valence-corrected chi connectivity index (χ1v) is 9.31. The van der Waals surface area contributed by atoms with E-state index in [1.165, 1.54) is 18.2 Å². The van der Waals surface area contributed by atoms with Crippen LogP contribution in [0.5, 0.6) is 11.5 Å². The lowest BCUT2D eigenvalue weighted by atomic mass is 10.1. The number of nitro benzene ring substituents is 1. The van der Waals surface area contributed by atoms with Gasteiger partial charge in [-0.25, -0.2) is 9.69 Å². The van der Waals surface area contributed by atoms with Crippen LogP contribution in [0.4, 0.5) is 16.2 Å². The van der Waals surface area contributed by atoms with E-state index in [9.17, 15) is 29.6 Å². The second-order valence-electron chi connectivity index (χ2n) is 5.99. The van der Waals surface area contributed by atoms with Gasteiger partial charge in [-0.05, 0) is 48.9 Å². The molecule has 154 valence electrons. The van der Waals surface area contributed by atoms with E-state index < -0.39 is 39.8 Å². The third-order valence-corrected chi connectivity index (χ3v) is 4.58. The molecule has 2 aromatic carbocycles. The Balaban J connectivity index is 2.08. The summed E-state index contributed by atoms with van der Waals surface area (Å²) in [6.07, 6.45) is 1.06. The fraction of sp³-hybridized carbons (Fsp3) is 0.105. The lowest BCUT2D eigenvalue weighted by molar-refractivity contribution is -0.398. The molecule has 1 N–H and O–H groups in total. The molecular weight excluding hydrogens is 462 g/mol. The Morgan fingerprint density at radius 1 is 1.20 bits per heavy atom. The number of hydrogen-bond acceptors (Lipinski definition) is 7. The summed E-state index contributed by atoms with van der Waals surface area (Å²) >= 11 is 3.25. The van der Waals surface area contributed by atoms with Crippen molar-refractivity contribution in [2.24, 2.45) is 0 Å². The lowest BCUT2D eigenvalue weighted by Crippen LogP contribution is -2.54. The van der Waals surface area contributed by atoms with Crippen LogP contribution in [-0.4, -0.2) is 29.4 Å². The average molecular weight is 475 g/mol. The van der Waals surface area contributed by atoms with Gasteiger partial charge in [0.25, 0.3) is 17.5 Å². The van der Waals surface area contributed by atoms with Gasteiger partial charge >= 0.3 is 6.03 Å². The highest BCUT2D eigenvalue weighted by molar-refractivity contribution is 9.10. The Morgan fingerprint density at radius 2 is 1.87 bits per heavy atom. The number of imide groups is 2. The number of hydrogen-bond donors (Lipinski definition) is 1. The summed E-state index contributed by atoms with van der Waals surface area (Å²) in [6, 6.07) is 7.41. The Kier molecular flexibility index (Phi) is 5.83. The van der Waals surface area contributed by atoms with Gasteiger partial charge in [0.2, 0.25) is 0 Å². The van der Waals surface area contributed by atoms with E-state index in [1.54, 1.807) is 19.1 Å². The highest BCUT2D eigenvalue weighted by atomic mass is 79.9. The number of benzene rings is 2. The number of barbiturate groups is 1. The van der Waals surface area contributed by atoms with Crippen LogP contribution in [-0.2, 0) is 9.59 Å². The molecule has 11 heteroatoms. The standard InChI is InChI=1S/C19H14BrN3O7/c1-2-30-15-9-10(8-14(16(15)24)23(28)29)7-13-17(25)21-19(27)22(18(13)26)12-5-3-11(20)4-6-12/h3-9,24H,2H2,1H3,(H,21,25,27)/p-1/b13-7-. The highest BCUT2D eigenvalue weighted by Crippen LogP contribution is 2.36. The van der Waals surface area contributed by atoms with Gasteiger partial charge < -0.3 is 9.84 Å². The number of nitrogens with zero attached hydrogens (tertiary/aromatic N) is 2. The van der Waals surface area contributed by atoms with Gasteiger partial charge in [0.1, 0.15) is 11.3 Å². The van der Waals surface area contributed by atoms with Crippen molar-refractivity contribution < 1.29 is 29.2 Å². The number of nitro groups is 1. The van der Waals surface area contributed by atoms with Crippen LogP contribution in [0.1, 0.15) is 12.5 Å². The number of carbonyl (C=O) groups is 3. The van der Waals surface area contributed by atoms with E-state index in [2.05, 4.69) is 21.2 Å². The normalized spacial score (nSPS) is 15.3. The Hall–Kier alpha value is -3.73. The maximum atomic E-state index is 12.9. The first-order chi connectivity index (χ1) is 14.2. The van der Waals surface area contributed by atoms with E-state index in [-0.39, 0.29) is 23.6 Å². The van der Waals surface area contributed by atoms with Gasteiger partial charge in [0.05, 0.1) is 17.2 Å². The van der Waals surface area contributed by atoms with E-state index in [0.29, 0.717) is 0 Å². The Bertz CT molecular complexity index is 1100. The van der Waals surface area contributed by atoms with Gasteiger partial charge in [0, 0.05) is 16.3 Å². The lowest BCUT2D eigenvalue weighted by Gasteiger charge is -2.26. The maximum Gasteiger partial charge on any atom is 0.335 e. The Labute approximate surface area is 178 Å². The minimum absolute atomic E-state index is 0.0216. The van der Waals surface area contributed by atoms with Gasteiger partial charge in [-0.15, -0.1) is 0 Å². The third-order valence-electron chi connectivity index (χ3n) is 4.05. The number of ether oxygens (including phenoxy) is 1. The number of nitrogens with one attached hydrogen (secondary N) is 1. The summed E-state index contributed by atoms with van der Waals surface area (Å²) in [7, 11) is 0. The largest absolute Gasteiger partial charge is 0.865 e. The molecule has 1 heterocycles. The number of anilines is 1. The first-order valence-electron chi connectivity index (χ1n) is 8.52. The van der Waals surface area contributed by atoms with E-state index in [1.807, 2.05) is 0 Å². The monoisotopic (exact) mass is 474 g/mol. The molecule has 0 unspecified atom stereocenters. The molecule has 1 saturated heterocycles. The summed E-state index contributed by atoms with van der Waals surface area (Å²) in [4.78, 5) is 48.4. The van der Waals surface area contributed by atoms with Gasteiger partial charge in [-0.3, -0.25) is 25.0 Å². The number of rotatable bonds is 5. The number of carbonyl (C=O) groups excluding carboxylic acids is 3. The van der Waals surface area contributed by atoms with Crippen LogP contribution in [0.15, 0.2) is 46.4 Å². The molecule has 2 aromatic rings. The summed E-state index contributed by atoms with van der Waals surface area (Å²) in [5.74, 6) is -3.10. The summed E-state index contributed by atoms with van der Waals surface area (Å²) < 4.78 is 5.85. The van der Waals surface area contributed by atoms with Crippen LogP contribution in [0.2, 0.25) is 0 Å². The predicted octanol–water partition coefficient (Wildman–Crippen LogP) is 2.50. The van der Waals surface area contributed by atoms with Crippen molar-refractivity contribution in [3.05, 3.63) is 62.1 Å². The minimum Gasteiger partial charge on any atom is -0.865 e. The zero-order valence-corrected chi connectivity index (χ0v) is 17.0. The summed E-state index contributed by atoms with van der Waals surface area (Å²) in [5.41, 5.74) is -0.964. The molecule has 1 aliphatic rings. The van der Waals surface area contributed by atoms with Crippen LogP contribution in [0, 0.1) is 10.1 Å². The second-order valence-corrected chi connectivity index (χ2v) is 6.91. The van der Waals surface area contributed by atoms with Gasteiger partial charge in [0.15, 0.2) is 0 Å². The molecule has 0 aromatic heterocycles. The molecule has 0 atom stereocenters. The number of amides is 4. The fourth-order valence-corrected chi connectivity index (χ4v) is 3.00. The molecule has 0 saturated carbocycles. The molecule has 10 nitrogen and oxygen atoms in total. The van der Waals surface area contributed by atoms with Crippen molar-refractivity contribution in [3.8, 4) is 11.5 Å². The van der Waals surface area contributed by atoms with Crippen LogP contribution in [0.25, 0.3) is 6.08 Å². The highest BCUT2D eigenvalue weighted by Gasteiger charge is 2.36. The summed E-state index contributed by atoms with van der Waals surface area (Å²) in [6.45, 7) is 1.67. The molecule has 0 bridgehead atoms. The molecule has 0 spiro atoms. The van der Waals surface area contributed by atoms with Crippen molar-refractivity contribution in [1.29, 1.82) is 0 Å². The topological polar surface area (TPSA) is 142 Å². The second kappa shape index (κ2) is 8.33. The van der Waals surface area contributed by atoms with Gasteiger partial charge in [-0.2, -0.15) is 0 Å². The molecule has 3 rings (SSSR count). The quantitative estimate of drug-likeness (QED) is 0.303. The van der Waals surface area contributed by atoms with Gasteiger partial charge in [-0.1, -0.05) is 15.9 Å². The van der Waals surface area contributed by atoms with Crippen molar-refractivity contribution >= 4 is 51.2 Å². The molecule has 0 aliphatic carbocycles. The van der Waals surface area contributed by atoms with Crippen molar-refractivity contribution in [3.63, 3.8) is 0 Å². The SMILES string of the molecule is CCOc1cc(/C=C2/C(=O)NC(=O)N(c3ccc(Br)cc3)C2=O)cc([N+](=O)[O-])c1[O-]. The van der Waals surface area contributed by atoms with E-state index >= 15 is 0 Å². The van der Waals surface area contributed by atoms with Crippen molar-refractivity contribution in [2.75, 3.05) is 11.5 Å². The molecule has 1 fully saturated rings. The fourth-order valence-electron chi connectivity index (χ4n) is 2.74. The molecule has 30 heavy (non-hydrogen) atoms. The summed E-state index contributed by atoms with van der Waals surface area (Å²) in [5, 5.41) is 25.3. The third kappa shape index (κ3) is 4.01. The number of urea groups is 1. The minimum atomic E-state index is -0.967. The zero-order chi connectivity index (χ0) is 22.0. The molecule has 4 amide bonds. The van der Waals surface area contributed by atoms with E-state index in [0.717, 1.165) is 21.5 Å². The maximum absolute atomic E-state index is 12.9. The van der Waals surface area contributed by atoms with Crippen molar-refractivity contribution in [1.82, 2.24) is 5.32 Å². The van der Waals surface area contributed by atoms with Crippen LogP contribution in [0.3, 0.4) is 0 Å².